The van der Waals surface area contributed by atoms with Gasteiger partial charge in [0.15, 0.2) is 0 Å². The Morgan fingerprint density at radius 1 is 1.53 bits per heavy atom. The van der Waals surface area contributed by atoms with Crippen LogP contribution in [0.25, 0.3) is 0 Å². The lowest BCUT2D eigenvalue weighted by molar-refractivity contribution is -0.119. The van der Waals surface area contributed by atoms with Gasteiger partial charge in [-0.05, 0) is 24.8 Å². The number of hydrogen-bond acceptors (Lipinski definition) is 5. The number of thiophene rings is 1. The van der Waals surface area contributed by atoms with Crippen LogP contribution >= 0.6 is 23.7 Å². The van der Waals surface area contributed by atoms with Crippen molar-refractivity contribution in [1.29, 1.82) is 0 Å². The quantitative estimate of drug-likeness (QED) is 0.670. The zero-order valence-electron chi connectivity index (χ0n) is 10.5. The van der Waals surface area contributed by atoms with E-state index < -0.39 is 10.0 Å². The van der Waals surface area contributed by atoms with Crippen molar-refractivity contribution in [2.75, 3.05) is 13.1 Å². The summed E-state index contributed by atoms with van der Waals surface area (Å²) in [7, 11) is -3.57. The smallest absolute Gasteiger partial charge is 0.250 e. The second-order valence-electron chi connectivity index (χ2n) is 3.87. The van der Waals surface area contributed by atoms with E-state index in [-0.39, 0.29) is 35.1 Å². The van der Waals surface area contributed by atoms with Crippen molar-refractivity contribution in [3.63, 3.8) is 0 Å². The van der Waals surface area contributed by atoms with E-state index in [1.807, 2.05) is 6.92 Å². The van der Waals surface area contributed by atoms with Crippen molar-refractivity contribution < 1.29 is 13.2 Å². The minimum Gasteiger partial charge on any atom is -0.355 e. The number of amides is 1. The summed E-state index contributed by atoms with van der Waals surface area (Å²) < 4.78 is 25.8. The maximum absolute atomic E-state index is 11.7. The van der Waals surface area contributed by atoms with Crippen LogP contribution in [0.2, 0.25) is 0 Å². The van der Waals surface area contributed by atoms with Crippen LogP contribution in [0, 0.1) is 0 Å². The molecule has 1 unspecified atom stereocenters. The van der Waals surface area contributed by atoms with E-state index in [9.17, 15) is 13.2 Å². The van der Waals surface area contributed by atoms with Crippen LogP contribution in [0.4, 0.5) is 0 Å². The fourth-order valence-corrected chi connectivity index (χ4v) is 3.17. The molecule has 0 aliphatic heterocycles. The molecule has 0 aliphatic carbocycles. The molecule has 1 rings (SSSR count). The maximum atomic E-state index is 11.7. The lowest BCUT2D eigenvalue weighted by Gasteiger charge is -2.08. The Kier molecular flexibility index (Phi) is 8.19. The summed E-state index contributed by atoms with van der Waals surface area (Å²) in [5, 5.41) is 4.25. The Hall–Kier alpha value is -0.670. The summed E-state index contributed by atoms with van der Waals surface area (Å²) in [5.74, 6) is -0.365. The first-order chi connectivity index (χ1) is 8.42. The van der Waals surface area contributed by atoms with Gasteiger partial charge >= 0.3 is 0 Å². The van der Waals surface area contributed by atoms with Crippen LogP contribution in [0.15, 0.2) is 21.7 Å². The molecule has 0 spiro atoms. The molecule has 0 aliphatic rings. The van der Waals surface area contributed by atoms with E-state index in [2.05, 4.69) is 10.0 Å². The number of sulfonamides is 1. The highest BCUT2D eigenvalue weighted by Gasteiger charge is 2.15. The van der Waals surface area contributed by atoms with Crippen molar-refractivity contribution in [2.24, 2.45) is 5.73 Å². The highest BCUT2D eigenvalue weighted by Crippen LogP contribution is 2.14. The van der Waals surface area contributed by atoms with E-state index in [1.165, 1.54) is 6.07 Å². The zero-order valence-corrected chi connectivity index (χ0v) is 12.9. The molecule has 1 aromatic heterocycles. The molecule has 110 valence electrons. The van der Waals surface area contributed by atoms with Gasteiger partial charge in [0.05, 0.1) is 6.54 Å². The number of halogens is 1. The minimum atomic E-state index is -3.57. The average Bonchev–Trinajstić information content (AvgIpc) is 2.80. The second-order valence-corrected chi connectivity index (χ2v) is 6.81. The summed E-state index contributed by atoms with van der Waals surface area (Å²) in [5.41, 5.74) is 5.52. The molecule has 9 heteroatoms. The zero-order chi connectivity index (χ0) is 13.6. The first-order valence-electron chi connectivity index (χ1n) is 5.47. The summed E-state index contributed by atoms with van der Waals surface area (Å²) >= 11 is 1.10. The van der Waals surface area contributed by atoms with Crippen LogP contribution < -0.4 is 15.8 Å². The topological polar surface area (TPSA) is 101 Å². The number of carbonyl (C=O) groups is 1. The maximum Gasteiger partial charge on any atom is 0.250 e. The highest BCUT2D eigenvalue weighted by atomic mass is 35.5. The Morgan fingerprint density at radius 2 is 2.21 bits per heavy atom. The second kappa shape index (κ2) is 8.49. The van der Waals surface area contributed by atoms with Crippen LogP contribution in [-0.2, 0) is 14.8 Å². The van der Waals surface area contributed by atoms with Gasteiger partial charge in [0.25, 0.3) is 10.0 Å². The molecule has 0 aromatic carbocycles. The van der Waals surface area contributed by atoms with E-state index >= 15 is 0 Å². The first kappa shape index (κ1) is 18.3. The monoisotopic (exact) mass is 327 g/mol. The molecule has 1 amide bonds. The number of rotatable bonds is 7. The largest absolute Gasteiger partial charge is 0.355 e. The van der Waals surface area contributed by atoms with Gasteiger partial charge < -0.3 is 11.1 Å². The Balaban J connectivity index is 0.00000324. The summed E-state index contributed by atoms with van der Waals surface area (Å²) in [4.78, 5) is 11.4. The molecule has 1 atom stereocenters. The number of nitrogens with two attached hydrogens (primary N) is 1. The van der Waals surface area contributed by atoms with Gasteiger partial charge in [0.2, 0.25) is 5.91 Å². The fourth-order valence-electron chi connectivity index (χ4n) is 1.15. The van der Waals surface area contributed by atoms with E-state index in [0.717, 1.165) is 11.3 Å². The van der Waals surface area contributed by atoms with Crippen molar-refractivity contribution in [3.05, 3.63) is 17.5 Å². The summed E-state index contributed by atoms with van der Waals surface area (Å²) in [6, 6.07) is 3.14. The van der Waals surface area contributed by atoms with Crippen LogP contribution in [0.5, 0.6) is 0 Å². The lowest BCUT2D eigenvalue weighted by Crippen LogP contribution is -2.38. The average molecular weight is 328 g/mol. The molecule has 1 aromatic rings. The molecular weight excluding hydrogens is 310 g/mol. The third kappa shape index (κ3) is 6.88. The van der Waals surface area contributed by atoms with Gasteiger partial charge in [-0.3, -0.25) is 4.79 Å². The van der Waals surface area contributed by atoms with E-state index in [0.29, 0.717) is 13.0 Å². The molecule has 4 N–H and O–H groups in total. The number of carbonyl (C=O) groups excluding carboxylic acids is 1. The first-order valence-corrected chi connectivity index (χ1v) is 7.83. The van der Waals surface area contributed by atoms with E-state index in [1.54, 1.807) is 11.4 Å². The normalized spacial score (nSPS) is 12.5. The highest BCUT2D eigenvalue weighted by molar-refractivity contribution is 7.91. The van der Waals surface area contributed by atoms with Gasteiger partial charge in [-0.25, -0.2) is 13.1 Å². The van der Waals surface area contributed by atoms with Crippen LogP contribution in [0.3, 0.4) is 0 Å². The van der Waals surface area contributed by atoms with Gasteiger partial charge in [-0.1, -0.05) is 6.07 Å². The van der Waals surface area contributed by atoms with Crippen LogP contribution in [-0.4, -0.2) is 33.5 Å². The molecule has 0 fully saturated rings. The van der Waals surface area contributed by atoms with Gasteiger partial charge in [0, 0.05) is 12.6 Å². The molecule has 19 heavy (non-hydrogen) atoms. The van der Waals surface area contributed by atoms with Gasteiger partial charge in [0.1, 0.15) is 4.21 Å². The van der Waals surface area contributed by atoms with E-state index in [4.69, 9.17) is 5.73 Å². The summed E-state index contributed by atoms with van der Waals surface area (Å²) in [6.45, 7) is 2.02. The third-order valence-electron chi connectivity index (χ3n) is 2.10. The van der Waals surface area contributed by atoms with Crippen molar-refractivity contribution >= 4 is 39.7 Å². The fraction of sp³-hybridized carbons (Fsp3) is 0.500. The lowest BCUT2D eigenvalue weighted by atomic mass is 10.2. The molecular formula is C10H18ClN3O3S2. The Labute approximate surface area is 123 Å². The predicted octanol–water partition coefficient (Wildman–Crippen LogP) is 0.302. The van der Waals surface area contributed by atoms with Crippen molar-refractivity contribution in [3.8, 4) is 0 Å². The van der Waals surface area contributed by atoms with Crippen LogP contribution in [0.1, 0.15) is 13.3 Å². The molecule has 0 saturated carbocycles. The summed E-state index contributed by atoms with van der Waals surface area (Å²) in [6.07, 6.45) is 0.656. The third-order valence-corrected chi connectivity index (χ3v) is 4.90. The number of nitrogens with one attached hydrogen (secondary N) is 2. The van der Waals surface area contributed by atoms with Gasteiger partial charge in [-0.15, -0.1) is 23.7 Å². The standard InChI is InChI=1S/C10H17N3O3S2.ClH/c1-8(11)4-5-12-9(14)7-13-18(15,16)10-3-2-6-17-10;/h2-3,6,8,13H,4-5,7,11H2,1H3,(H,12,14);1H. The molecule has 6 nitrogen and oxygen atoms in total. The SMILES string of the molecule is CC(N)CCNC(=O)CNS(=O)(=O)c1cccs1.Cl. The molecule has 0 saturated heterocycles. The molecule has 0 radical (unpaired) electrons. The molecule has 1 heterocycles. The number of hydrogen-bond donors (Lipinski definition) is 3. The molecule has 0 bridgehead atoms. The minimum absolute atomic E-state index is 0. The van der Waals surface area contributed by atoms with Crippen molar-refractivity contribution in [1.82, 2.24) is 10.0 Å². The van der Waals surface area contributed by atoms with Gasteiger partial charge in [-0.2, -0.15) is 0 Å². The Bertz CT molecular complexity index is 474. The Morgan fingerprint density at radius 3 is 2.74 bits per heavy atom. The predicted molar refractivity (Wildman–Crippen MR) is 78.0 cm³/mol. The van der Waals surface area contributed by atoms with Crippen molar-refractivity contribution in [2.45, 2.75) is 23.6 Å².